The molecule has 2 heteroatoms. The molecule has 49 valence electrons. The standard InChI is InChI=1S/C6H14FSi/c1-5-8(7)6(2,3)4/h5H2,1-4H3. The summed E-state index contributed by atoms with van der Waals surface area (Å²) < 4.78 is 12.7. The van der Waals surface area contributed by atoms with Crippen LogP contribution < -0.4 is 0 Å². The molecule has 0 aromatic rings. The largest absolute Gasteiger partial charge is 0.314 e. The molecule has 0 amide bonds. The maximum absolute atomic E-state index is 12.7. The van der Waals surface area contributed by atoms with E-state index in [0.29, 0.717) is 0 Å². The summed E-state index contributed by atoms with van der Waals surface area (Å²) in [7, 11) is -1.54. The third-order valence-electron chi connectivity index (χ3n) is 1.12. The van der Waals surface area contributed by atoms with Crippen molar-refractivity contribution < 1.29 is 4.11 Å². The van der Waals surface area contributed by atoms with Crippen molar-refractivity contribution in [1.82, 2.24) is 0 Å². The molecule has 0 aromatic heterocycles. The lowest BCUT2D eigenvalue weighted by molar-refractivity contribution is 0.644. The zero-order valence-corrected chi connectivity index (χ0v) is 7.09. The minimum atomic E-state index is -1.54. The molecule has 8 heavy (non-hydrogen) atoms. The minimum Gasteiger partial charge on any atom is -0.314 e. The van der Waals surface area contributed by atoms with Crippen molar-refractivity contribution in [2.75, 3.05) is 0 Å². The van der Waals surface area contributed by atoms with E-state index >= 15 is 0 Å². The van der Waals surface area contributed by atoms with Crippen LogP contribution in [0.3, 0.4) is 0 Å². The Labute approximate surface area is 52.9 Å². The van der Waals surface area contributed by atoms with Gasteiger partial charge in [0.05, 0.1) is 0 Å². The molecule has 0 aliphatic carbocycles. The first-order valence-electron chi connectivity index (χ1n) is 3.00. The van der Waals surface area contributed by atoms with Gasteiger partial charge in [-0.2, -0.15) is 0 Å². The van der Waals surface area contributed by atoms with Gasteiger partial charge in [0.1, 0.15) is 0 Å². The highest BCUT2D eigenvalue weighted by Crippen LogP contribution is 2.29. The second-order valence-electron chi connectivity index (χ2n) is 3.01. The molecule has 0 saturated heterocycles. The van der Waals surface area contributed by atoms with Crippen LogP contribution in [0.4, 0.5) is 4.11 Å². The molecule has 0 saturated carbocycles. The fourth-order valence-electron chi connectivity index (χ4n) is 0.530. The van der Waals surface area contributed by atoms with Gasteiger partial charge in [-0.25, -0.2) is 0 Å². The third kappa shape index (κ3) is 2.45. The van der Waals surface area contributed by atoms with Crippen LogP contribution in [0.5, 0.6) is 0 Å². The first-order valence-corrected chi connectivity index (χ1v) is 4.58. The van der Waals surface area contributed by atoms with E-state index in [4.69, 9.17) is 0 Å². The van der Waals surface area contributed by atoms with Crippen molar-refractivity contribution in [3.05, 3.63) is 0 Å². The SMILES string of the molecule is CC[Si](F)C(C)(C)C. The maximum atomic E-state index is 12.7. The van der Waals surface area contributed by atoms with E-state index in [1.807, 2.05) is 27.7 Å². The summed E-state index contributed by atoms with van der Waals surface area (Å²) in [6.07, 6.45) is 0. The van der Waals surface area contributed by atoms with Crippen LogP contribution in [0.15, 0.2) is 0 Å². The summed E-state index contributed by atoms with van der Waals surface area (Å²) >= 11 is 0. The zero-order chi connectivity index (χ0) is 6.78. The second kappa shape index (κ2) is 2.62. The highest BCUT2D eigenvalue weighted by Gasteiger charge is 2.25. The Balaban J connectivity index is 3.62. The highest BCUT2D eigenvalue weighted by molar-refractivity contribution is 6.54. The van der Waals surface area contributed by atoms with Gasteiger partial charge in [-0.05, 0) is 11.1 Å². The molecule has 0 aromatic carbocycles. The minimum absolute atomic E-state index is 0.0561. The van der Waals surface area contributed by atoms with Gasteiger partial charge in [0.15, 0.2) is 0 Å². The molecule has 0 bridgehead atoms. The van der Waals surface area contributed by atoms with Crippen molar-refractivity contribution in [2.45, 2.75) is 38.8 Å². The molecule has 1 radical (unpaired) electrons. The van der Waals surface area contributed by atoms with Gasteiger partial charge >= 0.3 is 0 Å². The molecule has 0 unspecified atom stereocenters. The average Bonchev–Trinajstić information content (AvgIpc) is 1.62. The van der Waals surface area contributed by atoms with E-state index in [1.165, 1.54) is 0 Å². The van der Waals surface area contributed by atoms with Crippen LogP contribution in [0.25, 0.3) is 0 Å². The van der Waals surface area contributed by atoms with E-state index < -0.39 is 9.13 Å². The Bertz CT molecular complexity index is 65.4. The third-order valence-corrected chi connectivity index (χ3v) is 3.37. The summed E-state index contributed by atoms with van der Waals surface area (Å²) in [5.74, 6) is 0. The lowest BCUT2D eigenvalue weighted by Gasteiger charge is -2.18. The van der Waals surface area contributed by atoms with Gasteiger partial charge < -0.3 is 4.11 Å². The van der Waals surface area contributed by atoms with Gasteiger partial charge in [0.2, 0.25) is 0 Å². The summed E-state index contributed by atoms with van der Waals surface area (Å²) in [5, 5.41) is -0.0561. The van der Waals surface area contributed by atoms with Gasteiger partial charge in [0.25, 0.3) is 9.13 Å². The van der Waals surface area contributed by atoms with E-state index in [-0.39, 0.29) is 5.04 Å². The fourth-order valence-corrected chi connectivity index (χ4v) is 1.59. The average molecular weight is 133 g/mol. The molecule has 0 fully saturated rings. The van der Waals surface area contributed by atoms with Crippen LogP contribution in [-0.2, 0) is 0 Å². The molecule has 0 atom stereocenters. The molecule has 0 nitrogen and oxygen atoms in total. The Kier molecular flexibility index (Phi) is 2.67. The van der Waals surface area contributed by atoms with Gasteiger partial charge in [-0.3, -0.25) is 0 Å². The predicted octanol–water partition coefficient (Wildman–Crippen LogP) is 2.77. The first kappa shape index (κ1) is 8.15. The topological polar surface area (TPSA) is 0 Å². The van der Waals surface area contributed by atoms with Crippen molar-refractivity contribution in [1.29, 1.82) is 0 Å². The molecule has 0 N–H and O–H groups in total. The van der Waals surface area contributed by atoms with Crippen molar-refractivity contribution >= 4 is 9.13 Å². The summed E-state index contributed by atoms with van der Waals surface area (Å²) in [6.45, 7) is 7.81. The van der Waals surface area contributed by atoms with E-state index in [9.17, 15) is 4.11 Å². The predicted molar refractivity (Wildman–Crippen MR) is 37.1 cm³/mol. The quantitative estimate of drug-likeness (QED) is 0.381. The maximum Gasteiger partial charge on any atom is 0.276 e. The molecule has 0 heterocycles. The Morgan fingerprint density at radius 2 is 1.75 bits per heavy atom. The van der Waals surface area contributed by atoms with Crippen LogP contribution >= 0.6 is 0 Å². The van der Waals surface area contributed by atoms with E-state index in [2.05, 4.69) is 0 Å². The lowest BCUT2D eigenvalue weighted by Crippen LogP contribution is -2.18. The number of rotatable bonds is 1. The van der Waals surface area contributed by atoms with Gasteiger partial charge in [0, 0.05) is 0 Å². The molecule has 0 rings (SSSR count). The monoisotopic (exact) mass is 133 g/mol. The Hall–Kier alpha value is 0.147. The fraction of sp³-hybridized carbons (Fsp3) is 1.00. The number of hydrogen-bond acceptors (Lipinski definition) is 0. The Morgan fingerprint density at radius 1 is 1.38 bits per heavy atom. The summed E-state index contributed by atoms with van der Waals surface area (Å²) in [5.41, 5.74) is 0. The van der Waals surface area contributed by atoms with Gasteiger partial charge in [-0.1, -0.05) is 27.7 Å². The van der Waals surface area contributed by atoms with Crippen molar-refractivity contribution in [2.24, 2.45) is 0 Å². The Morgan fingerprint density at radius 3 is 1.75 bits per heavy atom. The first-order chi connectivity index (χ1) is 3.48. The molecular weight excluding hydrogens is 119 g/mol. The highest BCUT2D eigenvalue weighted by atomic mass is 28.3. The van der Waals surface area contributed by atoms with Gasteiger partial charge in [-0.15, -0.1) is 0 Å². The van der Waals surface area contributed by atoms with Crippen LogP contribution in [0.2, 0.25) is 11.1 Å². The van der Waals surface area contributed by atoms with E-state index in [0.717, 1.165) is 6.04 Å². The molecular formula is C6H14FSi. The summed E-state index contributed by atoms with van der Waals surface area (Å²) in [4.78, 5) is 0. The van der Waals surface area contributed by atoms with Crippen LogP contribution in [0, 0.1) is 0 Å². The number of hydrogen-bond donors (Lipinski definition) is 0. The van der Waals surface area contributed by atoms with Crippen LogP contribution in [0.1, 0.15) is 27.7 Å². The molecule has 0 aliphatic heterocycles. The summed E-state index contributed by atoms with van der Waals surface area (Å²) in [6, 6.07) is 0.730. The smallest absolute Gasteiger partial charge is 0.276 e. The second-order valence-corrected chi connectivity index (χ2v) is 6.03. The van der Waals surface area contributed by atoms with Crippen molar-refractivity contribution in [3.8, 4) is 0 Å². The zero-order valence-electron chi connectivity index (χ0n) is 6.09. The number of halogens is 1. The molecule has 0 spiro atoms. The lowest BCUT2D eigenvalue weighted by atomic mass is 10.3. The molecule has 0 aliphatic rings. The normalized spacial score (nSPS) is 12.8. The van der Waals surface area contributed by atoms with Crippen LogP contribution in [-0.4, -0.2) is 9.13 Å². The van der Waals surface area contributed by atoms with Crippen molar-refractivity contribution in [3.63, 3.8) is 0 Å². The van der Waals surface area contributed by atoms with E-state index in [1.54, 1.807) is 0 Å².